The van der Waals surface area contributed by atoms with Crippen LogP contribution in [0.5, 0.6) is 0 Å². The van der Waals surface area contributed by atoms with Gasteiger partial charge in [0, 0.05) is 16.0 Å². The predicted octanol–water partition coefficient (Wildman–Crippen LogP) is 5.65. The van der Waals surface area contributed by atoms with Gasteiger partial charge in [0.1, 0.15) is 16.2 Å². The van der Waals surface area contributed by atoms with E-state index in [2.05, 4.69) is 33.5 Å². The number of ether oxygens (including phenoxy) is 1. The third-order valence-electron chi connectivity index (χ3n) is 4.42. The number of rotatable bonds is 7. The molecule has 0 atom stereocenters. The first-order valence-electron chi connectivity index (χ1n) is 10.0. The molecule has 2 aromatic carbocycles. The average molecular weight is 464 g/mol. The number of thiophene rings is 1. The van der Waals surface area contributed by atoms with Gasteiger partial charge in [-0.1, -0.05) is 48.2 Å². The smallest absolute Gasteiger partial charge is 0.338 e. The van der Waals surface area contributed by atoms with Crippen molar-refractivity contribution in [1.82, 2.24) is 9.97 Å². The summed E-state index contributed by atoms with van der Waals surface area (Å²) in [5, 5.41) is 4.53. The zero-order valence-electron chi connectivity index (χ0n) is 17.6. The largest absolute Gasteiger partial charge is 0.459 e. The van der Waals surface area contributed by atoms with Crippen molar-refractivity contribution in [2.24, 2.45) is 0 Å². The van der Waals surface area contributed by atoms with Gasteiger partial charge >= 0.3 is 5.97 Å². The Labute approximate surface area is 194 Å². The quantitative estimate of drug-likeness (QED) is 0.217. The summed E-state index contributed by atoms with van der Waals surface area (Å²) in [4.78, 5) is 35.3. The summed E-state index contributed by atoms with van der Waals surface area (Å²) in [5.41, 5.74) is 2.07. The Kier molecular flexibility index (Phi) is 6.82. The number of anilines is 1. The van der Waals surface area contributed by atoms with E-state index in [9.17, 15) is 9.59 Å². The van der Waals surface area contributed by atoms with Crippen molar-refractivity contribution in [3.8, 4) is 10.4 Å². The van der Waals surface area contributed by atoms with Crippen molar-refractivity contribution in [3.05, 3.63) is 72.6 Å². The first-order valence-corrected chi connectivity index (χ1v) is 11.8. The van der Waals surface area contributed by atoms with Crippen LogP contribution in [0.1, 0.15) is 24.2 Å². The van der Waals surface area contributed by atoms with Gasteiger partial charge in [-0.05, 0) is 43.7 Å². The zero-order valence-corrected chi connectivity index (χ0v) is 19.2. The molecule has 8 heteroatoms. The zero-order chi connectivity index (χ0) is 22.5. The van der Waals surface area contributed by atoms with Crippen LogP contribution < -0.4 is 5.32 Å². The molecule has 1 N–H and O–H groups in total. The number of thioether (sulfide) groups is 1. The molecule has 4 rings (SSSR count). The second-order valence-electron chi connectivity index (χ2n) is 7.25. The van der Waals surface area contributed by atoms with Crippen LogP contribution in [0.3, 0.4) is 0 Å². The number of aromatic nitrogens is 2. The van der Waals surface area contributed by atoms with Gasteiger partial charge in [-0.25, -0.2) is 14.8 Å². The molecule has 0 saturated carbocycles. The number of hydrogen-bond donors (Lipinski definition) is 1. The fourth-order valence-electron chi connectivity index (χ4n) is 3.03. The summed E-state index contributed by atoms with van der Waals surface area (Å²) < 4.78 is 5.21. The maximum Gasteiger partial charge on any atom is 0.338 e. The molecule has 2 heterocycles. The molecule has 2 aromatic heterocycles. The highest BCUT2D eigenvalue weighted by atomic mass is 32.2. The van der Waals surface area contributed by atoms with Gasteiger partial charge in [-0.15, -0.1) is 11.3 Å². The van der Waals surface area contributed by atoms with Crippen LogP contribution in [0.4, 0.5) is 5.69 Å². The topological polar surface area (TPSA) is 81.2 Å². The predicted molar refractivity (Wildman–Crippen MR) is 129 cm³/mol. The molecule has 0 aliphatic rings. The molecule has 0 aliphatic heterocycles. The maximum atomic E-state index is 12.5. The lowest BCUT2D eigenvalue weighted by molar-refractivity contribution is -0.113. The Hall–Kier alpha value is -3.23. The lowest BCUT2D eigenvalue weighted by atomic mass is 10.2. The first kappa shape index (κ1) is 22.0. The summed E-state index contributed by atoms with van der Waals surface area (Å²) in [7, 11) is 0. The monoisotopic (exact) mass is 463 g/mol. The lowest BCUT2D eigenvalue weighted by Gasteiger charge is -2.10. The minimum absolute atomic E-state index is 0.184. The van der Waals surface area contributed by atoms with Crippen molar-refractivity contribution >= 4 is 50.9 Å². The Morgan fingerprint density at radius 2 is 1.88 bits per heavy atom. The molecule has 6 nitrogen and oxygen atoms in total. The molecule has 4 aromatic rings. The average Bonchev–Trinajstić information content (AvgIpc) is 3.23. The van der Waals surface area contributed by atoms with E-state index in [4.69, 9.17) is 4.74 Å². The Morgan fingerprint density at radius 3 is 2.66 bits per heavy atom. The molecule has 1 amide bonds. The van der Waals surface area contributed by atoms with E-state index in [1.165, 1.54) is 18.1 Å². The van der Waals surface area contributed by atoms with E-state index in [1.807, 2.05) is 18.2 Å². The molecule has 0 aliphatic carbocycles. The van der Waals surface area contributed by atoms with Crippen LogP contribution in [0.15, 0.2) is 72.0 Å². The van der Waals surface area contributed by atoms with E-state index >= 15 is 0 Å². The molecule has 162 valence electrons. The minimum atomic E-state index is -0.416. The third kappa shape index (κ3) is 5.33. The molecule has 0 unspecified atom stereocenters. The molecular weight excluding hydrogens is 442 g/mol. The summed E-state index contributed by atoms with van der Waals surface area (Å²) in [6.07, 6.45) is 1.32. The fourth-order valence-corrected chi connectivity index (χ4v) is 4.87. The summed E-state index contributed by atoms with van der Waals surface area (Å²) >= 11 is 2.96. The number of benzene rings is 2. The number of carbonyl (C=O) groups is 2. The summed E-state index contributed by atoms with van der Waals surface area (Å²) in [5.74, 6) is -0.418. The molecule has 32 heavy (non-hydrogen) atoms. The Bertz CT molecular complexity index is 1260. The van der Waals surface area contributed by atoms with Crippen LogP contribution in [-0.4, -0.2) is 33.7 Å². The number of amides is 1. The minimum Gasteiger partial charge on any atom is -0.459 e. The van der Waals surface area contributed by atoms with E-state index in [-0.39, 0.29) is 17.8 Å². The molecule has 0 fully saturated rings. The van der Waals surface area contributed by atoms with Crippen molar-refractivity contribution < 1.29 is 14.3 Å². The second-order valence-corrected chi connectivity index (χ2v) is 9.24. The maximum absolute atomic E-state index is 12.5. The number of nitrogens with zero attached hydrogens (tertiary/aromatic N) is 2. The van der Waals surface area contributed by atoms with Gasteiger partial charge in [0.15, 0.2) is 0 Å². The van der Waals surface area contributed by atoms with Crippen molar-refractivity contribution in [3.63, 3.8) is 0 Å². The van der Waals surface area contributed by atoms with Crippen molar-refractivity contribution in [1.29, 1.82) is 0 Å². The first-order chi connectivity index (χ1) is 15.5. The normalized spacial score (nSPS) is 11.0. The van der Waals surface area contributed by atoms with Gasteiger partial charge in [-0.2, -0.15) is 0 Å². The fraction of sp³-hybridized carbons (Fsp3) is 0.167. The third-order valence-corrected chi connectivity index (χ3v) is 6.51. The van der Waals surface area contributed by atoms with E-state index in [0.717, 1.165) is 25.7 Å². The van der Waals surface area contributed by atoms with Crippen molar-refractivity contribution in [2.45, 2.75) is 25.0 Å². The van der Waals surface area contributed by atoms with Gasteiger partial charge in [-0.3, -0.25) is 4.79 Å². The van der Waals surface area contributed by atoms with Crippen LogP contribution in [0.25, 0.3) is 20.7 Å². The van der Waals surface area contributed by atoms with Gasteiger partial charge in [0.25, 0.3) is 0 Å². The van der Waals surface area contributed by atoms with E-state index in [1.54, 1.807) is 49.4 Å². The highest BCUT2D eigenvalue weighted by molar-refractivity contribution is 8.00. The second kappa shape index (κ2) is 9.93. The lowest BCUT2D eigenvalue weighted by Crippen LogP contribution is -2.15. The summed E-state index contributed by atoms with van der Waals surface area (Å²) in [6, 6.07) is 18.9. The number of esters is 1. The molecule has 0 saturated heterocycles. The van der Waals surface area contributed by atoms with Crippen molar-refractivity contribution in [2.75, 3.05) is 11.1 Å². The highest BCUT2D eigenvalue weighted by Gasteiger charge is 2.14. The molecular formula is C24H21N3O3S2. The standard InChI is InChI=1S/C24H21N3O3S2/c1-15(2)30-24(29)17-9-6-10-18(11-17)27-21(28)13-31-22-19-12-20(16-7-4-3-5-8-16)32-23(19)26-14-25-22/h3-12,14-15H,13H2,1-2H3,(H,27,28). The number of nitrogens with one attached hydrogen (secondary N) is 1. The molecule has 0 radical (unpaired) electrons. The number of hydrogen-bond acceptors (Lipinski definition) is 7. The number of fused-ring (bicyclic) bond motifs is 1. The van der Waals surface area contributed by atoms with Gasteiger partial charge < -0.3 is 10.1 Å². The number of carbonyl (C=O) groups excluding carboxylic acids is 2. The Morgan fingerprint density at radius 1 is 1.06 bits per heavy atom. The van der Waals surface area contributed by atoms with Crippen LogP contribution in [0.2, 0.25) is 0 Å². The van der Waals surface area contributed by atoms with Gasteiger partial charge in [0.2, 0.25) is 5.91 Å². The van der Waals surface area contributed by atoms with Gasteiger partial charge in [0.05, 0.1) is 17.4 Å². The van der Waals surface area contributed by atoms with E-state index < -0.39 is 5.97 Å². The molecule has 0 bridgehead atoms. The van der Waals surface area contributed by atoms with Crippen LogP contribution in [-0.2, 0) is 9.53 Å². The molecule has 0 spiro atoms. The van der Waals surface area contributed by atoms with Crippen LogP contribution >= 0.6 is 23.1 Å². The summed E-state index contributed by atoms with van der Waals surface area (Å²) in [6.45, 7) is 3.59. The van der Waals surface area contributed by atoms with Crippen LogP contribution in [0, 0.1) is 0 Å². The highest BCUT2D eigenvalue weighted by Crippen LogP contribution is 2.36. The Balaban J connectivity index is 1.43. The SMILES string of the molecule is CC(C)OC(=O)c1cccc(NC(=O)CSc2ncnc3sc(-c4ccccc4)cc23)c1. The van der Waals surface area contributed by atoms with E-state index in [0.29, 0.717) is 11.3 Å².